The monoisotopic (exact) mass is 216 g/mol. The molecule has 0 fully saturated rings. The molecule has 0 aliphatic carbocycles. The number of hydrogen-bond donors (Lipinski definition) is 1. The predicted octanol–water partition coefficient (Wildman–Crippen LogP) is 2.77. The molecule has 0 bridgehead atoms. The standard InChI is InChI=1S/C14H16O2/c1-10(15)8-12-5-3-4-11-6-7-13(16-2)9-14(11)12/h3-7,9-10,15H,8H2,1-2H3. The first-order chi connectivity index (χ1) is 7.70. The van der Waals surface area contributed by atoms with Crippen LogP contribution in [0.25, 0.3) is 10.8 Å². The third-order valence-corrected chi connectivity index (χ3v) is 2.69. The zero-order chi connectivity index (χ0) is 11.5. The number of hydrogen-bond acceptors (Lipinski definition) is 2. The van der Waals surface area contributed by atoms with Crippen molar-refractivity contribution in [1.82, 2.24) is 0 Å². The van der Waals surface area contributed by atoms with Crippen molar-refractivity contribution in [2.45, 2.75) is 19.4 Å². The summed E-state index contributed by atoms with van der Waals surface area (Å²) >= 11 is 0. The lowest BCUT2D eigenvalue weighted by Crippen LogP contribution is -2.04. The minimum atomic E-state index is -0.322. The van der Waals surface area contributed by atoms with Gasteiger partial charge >= 0.3 is 0 Å². The maximum absolute atomic E-state index is 9.46. The van der Waals surface area contributed by atoms with Crippen LogP contribution in [0.1, 0.15) is 12.5 Å². The third kappa shape index (κ3) is 2.17. The summed E-state index contributed by atoms with van der Waals surface area (Å²) in [5.41, 5.74) is 1.16. The molecule has 0 aliphatic heterocycles. The topological polar surface area (TPSA) is 29.5 Å². The largest absolute Gasteiger partial charge is 0.497 e. The zero-order valence-corrected chi connectivity index (χ0v) is 9.60. The van der Waals surface area contributed by atoms with Crippen LogP contribution in [-0.4, -0.2) is 18.3 Å². The van der Waals surface area contributed by atoms with E-state index in [1.807, 2.05) is 24.3 Å². The highest BCUT2D eigenvalue weighted by atomic mass is 16.5. The fourth-order valence-electron chi connectivity index (χ4n) is 1.94. The molecule has 0 heterocycles. The van der Waals surface area contributed by atoms with Crippen molar-refractivity contribution in [1.29, 1.82) is 0 Å². The van der Waals surface area contributed by atoms with Crippen LogP contribution in [0, 0.1) is 0 Å². The number of aliphatic hydroxyl groups excluding tert-OH is 1. The lowest BCUT2D eigenvalue weighted by Gasteiger charge is -2.09. The smallest absolute Gasteiger partial charge is 0.119 e. The second-order valence-corrected chi connectivity index (χ2v) is 4.06. The molecule has 16 heavy (non-hydrogen) atoms. The van der Waals surface area contributed by atoms with E-state index in [0.717, 1.165) is 16.7 Å². The lowest BCUT2D eigenvalue weighted by atomic mass is 10.00. The van der Waals surface area contributed by atoms with Crippen molar-refractivity contribution in [2.75, 3.05) is 7.11 Å². The molecule has 1 N–H and O–H groups in total. The second-order valence-electron chi connectivity index (χ2n) is 4.06. The Morgan fingerprint density at radius 3 is 2.75 bits per heavy atom. The predicted molar refractivity (Wildman–Crippen MR) is 65.9 cm³/mol. The first kappa shape index (κ1) is 11.0. The van der Waals surface area contributed by atoms with Crippen LogP contribution in [0.3, 0.4) is 0 Å². The Kier molecular flexibility index (Phi) is 3.11. The van der Waals surface area contributed by atoms with Crippen LogP contribution < -0.4 is 4.74 Å². The highest BCUT2D eigenvalue weighted by Gasteiger charge is 2.05. The van der Waals surface area contributed by atoms with Crippen molar-refractivity contribution >= 4 is 10.8 Å². The molecule has 2 rings (SSSR count). The summed E-state index contributed by atoms with van der Waals surface area (Å²) in [6.07, 6.45) is 0.349. The highest BCUT2D eigenvalue weighted by Crippen LogP contribution is 2.24. The summed E-state index contributed by atoms with van der Waals surface area (Å²) in [7, 11) is 1.67. The van der Waals surface area contributed by atoms with Gasteiger partial charge in [-0.25, -0.2) is 0 Å². The molecule has 0 spiro atoms. The van der Waals surface area contributed by atoms with Crippen LogP contribution >= 0.6 is 0 Å². The SMILES string of the molecule is COc1ccc2cccc(CC(C)O)c2c1. The molecule has 0 saturated carbocycles. The Balaban J connectivity index is 2.55. The van der Waals surface area contributed by atoms with Gasteiger partial charge in [-0.2, -0.15) is 0 Å². The van der Waals surface area contributed by atoms with Gasteiger partial charge in [0, 0.05) is 0 Å². The molecule has 2 aromatic carbocycles. The van der Waals surface area contributed by atoms with Crippen molar-refractivity contribution < 1.29 is 9.84 Å². The van der Waals surface area contributed by atoms with E-state index in [-0.39, 0.29) is 6.10 Å². The van der Waals surface area contributed by atoms with Gasteiger partial charge in [0.15, 0.2) is 0 Å². The molecule has 0 saturated heterocycles. The minimum Gasteiger partial charge on any atom is -0.497 e. The number of methoxy groups -OCH3 is 1. The second kappa shape index (κ2) is 4.54. The molecule has 0 aliphatic rings. The summed E-state index contributed by atoms with van der Waals surface area (Å²) in [5, 5.41) is 11.8. The normalized spacial score (nSPS) is 12.7. The van der Waals surface area contributed by atoms with E-state index in [2.05, 4.69) is 12.1 Å². The van der Waals surface area contributed by atoms with Crippen LogP contribution in [0.5, 0.6) is 5.75 Å². The molecular formula is C14H16O2. The molecular weight excluding hydrogens is 200 g/mol. The first-order valence-corrected chi connectivity index (χ1v) is 5.44. The first-order valence-electron chi connectivity index (χ1n) is 5.44. The van der Waals surface area contributed by atoms with E-state index in [4.69, 9.17) is 4.74 Å². The van der Waals surface area contributed by atoms with Gasteiger partial charge in [-0.15, -0.1) is 0 Å². The molecule has 2 aromatic rings. The maximum atomic E-state index is 9.46. The van der Waals surface area contributed by atoms with Gasteiger partial charge in [0.2, 0.25) is 0 Å². The number of rotatable bonds is 3. The van der Waals surface area contributed by atoms with Crippen molar-refractivity contribution in [3.8, 4) is 5.75 Å². The summed E-state index contributed by atoms with van der Waals surface area (Å²) < 4.78 is 5.22. The molecule has 2 nitrogen and oxygen atoms in total. The third-order valence-electron chi connectivity index (χ3n) is 2.69. The molecule has 2 heteroatoms. The van der Waals surface area contributed by atoms with Gasteiger partial charge in [-0.3, -0.25) is 0 Å². The van der Waals surface area contributed by atoms with E-state index >= 15 is 0 Å². The van der Waals surface area contributed by atoms with Gasteiger partial charge in [0.05, 0.1) is 13.2 Å². The summed E-state index contributed by atoms with van der Waals surface area (Å²) in [5.74, 6) is 0.852. The summed E-state index contributed by atoms with van der Waals surface area (Å²) in [4.78, 5) is 0. The van der Waals surface area contributed by atoms with Gasteiger partial charge in [-0.05, 0) is 41.8 Å². The molecule has 1 atom stereocenters. The quantitative estimate of drug-likeness (QED) is 0.854. The van der Waals surface area contributed by atoms with Gasteiger partial charge < -0.3 is 9.84 Å². The van der Waals surface area contributed by atoms with E-state index in [9.17, 15) is 5.11 Å². The van der Waals surface area contributed by atoms with E-state index in [1.165, 1.54) is 5.39 Å². The lowest BCUT2D eigenvalue weighted by molar-refractivity contribution is 0.196. The van der Waals surface area contributed by atoms with Crippen molar-refractivity contribution in [3.05, 3.63) is 42.0 Å². The van der Waals surface area contributed by atoms with Crippen LogP contribution in [0.4, 0.5) is 0 Å². The number of aliphatic hydroxyl groups is 1. The molecule has 0 aromatic heterocycles. The van der Waals surface area contributed by atoms with E-state index < -0.39 is 0 Å². The number of fused-ring (bicyclic) bond motifs is 1. The Bertz CT molecular complexity index is 489. The van der Waals surface area contributed by atoms with E-state index in [1.54, 1.807) is 14.0 Å². The minimum absolute atomic E-state index is 0.322. The van der Waals surface area contributed by atoms with E-state index in [0.29, 0.717) is 6.42 Å². The van der Waals surface area contributed by atoms with Crippen LogP contribution in [0.2, 0.25) is 0 Å². The Labute approximate surface area is 95.5 Å². The Hall–Kier alpha value is -1.54. The summed E-state index contributed by atoms with van der Waals surface area (Å²) in [6.45, 7) is 1.80. The van der Waals surface area contributed by atoms with Crippen molar-refractivity contribution in [3.63, 3.8) is 0 Å². The highest BCUT2D eigenvalue weighted by molar-refractivity contribution is 5.87. The fourth-order valence-corrected chi connectivity index (χ4v) is 1.94. The number of benzene rings is 2. The molecule has 0 amide bonds. The van der Waals surface area contributed by atoms with Gasteiger partial charge in [-0.1, -0.05) is 24.3 Å². The Morgan fingerprint density at radius 1 is 1.25 bits per heavy atom. The van der Waals surface area contributed by atoms with Crippen LogP contribution in [-0.2, 0) is 6.42 Å². The average Bonchev–Trinajstić information content (AvgIpc) is 2.28. The van der Waals surface area contributed by atoms with Crippen molar-refractivity contribution in [2.24, 2.45) is 0 Å². The molecule has 0 radical (unpaired) electrons. The average molecular weight is 216 g/mol. The summed E-state index contributed by atoms with van der Waals surface area (Å²) in [6, 6.07) is 12.2. The van der Waals surface area contributed by atoms with Gasteiger partial charge in [0.25, 0.3) is 0 Å². The van der Waals surface area contributed by atoms with Gasteiger partial charge in [0.1, 0.15) is 5.75 Å². The molecule has 84 valence electrons. The number of ether oxygens (including phenoxy) is 1. The molecule has 1 unspecified atom stereocenters. The fraction of sp³-hybridized carbons (Fsp3) is 0.286. The Morgan fingerprint density at radius 2 is 2.06 bits per heavy atom. The zero-order valence-electron chi connectivity index (χ0n) is 9.60. The van der Waals surface area contributed by atoms with Crippen LogP contribution in [0.15, 0.2) is 36.4 Å². The maximum Gasteiger partial charge on any atom is 0.119 e.